The molecule has 2 aromatic carbocycles. The van der Waals surface area contributed by atoms with Crippen LogP contribution in [0.4, 0.5) is 0 Å². The summed E-state index contributed by atoms with van der Waals surface area (Å²) in [4.78, 5) is 0. The molecule has 0 aromatic heterocycles. The molecule has 2 aromatic rings. The van der Waals surface area contributed by atoms with Gasteiger partial charge >= 0.3 is 0 Å². The van der Waals surface area contributed by atoms with Gasteiger partial charge in [-0.05, 0) is 78.8 Å². The Labute approximate surface area is 127 Å². The van der Waals surface area contributed by atoms with Gasteiger partial charge in [0.25, 0.3) is 0 Å². The Morgan fingerprint density at radius 1 is 0.810 bits per heavy atom. The molecule has 0 bridgehead atoms. The van der Waals surface area contributed by atoms with E-state index in [9.17, 15) is 0 Å². The Hall–Kier alpha value is -2.30. The lowest BCUT2D eigenvalue weighted by atomic mass is 9.86. The van der Waals surface area contributed by atoms with Crippen LogP contribution in [-0.4, -0.2) is 0 Å². The number of aryl methyl sites for hydroxylation is 4. The summed E-state index contributed by atoms with van der Waals surface area (Å²) in [7, 11) is 0. The number of benzene rings is 2. The van der Waals surface area contributed by atoms with Crippen molar-refractivity contribution >= 4 is 12.2 Å². The molecular weight excluding hydrogens is 252 g/mol. The third-order valence-corrected chi connectivity index (χ3v) is 4.16. The highest BCUT2D eigenvalue weighted by Crippen LogP contribution is 2.36. The molecule has 0 spiro atoms. The van der Waals surface area contributed by atoms with Crippen LogP contribution < -0.4 is 0 Å². The molecule has 0 saturated carbocycles. The van der Waals surface area contributed by atoms with E-state index >= 15 is 0 Å². The first kappa shape index (κ1) is 13.7. The van der Waals surface area contributed by atoms with Crippen molar-refractivity contribution in [1.29, 1.82) is 0 Å². The summed E-state index contributed by atoms with van der Waals surface area (Å²) in [5, 5.41) is 0. The summed E-state index contributed by atoms with van der Waals surface area (Å²) in [6, 6.07) is 8.97. The normalized spacial score (nSPS) is 12.4. The first-order valence-electron chi connectivity index (χ1n) is 7.39. The smallest absolute Gasteiger partial charge is 0.00228 e. The highest BCUT2D eigenvalue weighted by molar-refractivity contribution is 5.86. The van der Waals surface area contributed by atoms with Crippen LogP contribution in [0, 0.1) is 27.7 Å². The molecule has 21 heavy (non-hydrogen) atoms. The van der Waals surface area contributed by atoms with Crippen LogP contribution in [0.15, 0.2) is 42.1 Å². The second kappa shape index (κ2) is 5.24. The zero-order valence-electron chi connectivity index (χ0n) is 13.1. The molecule has 0 aliphatic heterocycles. The maximum Gasteiger partial charge on any atom is -0.00228 e. The largest absolute Gasteiger partial charge is 0.120 e. The highest BCUT2D eigenvalue weighted by atomic mass is 14.2. The molecule has 3 rings (SSSR count). The van der Waals surface area contributed by atoms with Gasteiger partial charge in [0.05, 0.1) is 0 Å². The summed E-state index contributed by atoms with van der Waals surface area (Å²) in [5.74, 6) is 0. The second-order valence-electron chi connectivity index (χ2n) is 5.87. The third-order valence-electron chi connectivity index (χ3n) is 4.16. The fourth-order valence-electron chi connectivity index (χ4n) is 3.10. The molecule has 0 heteroatoms. The monoisotopic (exact) mass is 272 g/mol. The van der Waals surface area contributed by atoms with E-state index in [-0.39, 0.29) is 0 Å². The van der Waals surface area contributed by atoms with E-state index in [0.29, 0.717) is 0 Å². The molecule has 0 N–H and O–H groups in total. The number of fused-ring (bicyclic) bond motifs is 1. The summed E-state index contributed by atoms with van der Waals surface area (Å²) < 4.78 is 0. The Morgan fingerprint density at radius 2 is 1.62 bits per heavy atom. The predicted molar refractivity (Wildman–Crippen MR) is 92.4 cm³/mol. The van der Waals surface area contributed by atoms with Gasteiger partial charge in [0.15, 0.2) is 0 Å². The van der Waals surface area contributed by atoms with Gasteiger partial charge in [0.2, 0.25) is 0 Å². The van der Waals surface area contributed by atoms with Crippen molar-refractivity contribution in [3.05, 3.63) is 75.5 Å². The van der Waals surface area contributed by atoms with E-state index in [1.807, 2.05) is 6.08 Å². The van der Waals surface area contributed by atoms with E-state index in [0.717, 1.165) is 0 Å². The van der Waals surface area contributed by atoms with E-state index in [2.05, 4.69) is 75.9 Å². The molecule has 1 aliphatic rings. The van der Waals surface area contributed by atoms with Crippen LogP contribution in [0.3, 0.4) is 0 Å². The van der Waals surface area contributed by atoms with Crippen molar-refractivity contribution in [2.75, 3.05) is 0 Å². The van der Waals surface area contributed by atoms with Gasteiger partial charge in [-0.1, -0.05) is 42.0 Å². The minimum atomic E-state index is 1.28. The number of hydrogen-bond donors (Lipinski definition) is 0. The summed E-state index contributed by atoms with van der Waals surface area (Å²) in [5.41, 5.74) is 13.8. The SMILES string of the molecule is Cc1ccc(C)c(-c2c(C)cc(C)c3c2C=C=CC=C3)c1. The molecule has 0 radical (unpaired) electrons. The molecule has 0 unspecified atom stereocenters. The Balaban J connectivity index is 2.41. The molecular formula is C21H20. The average molecular weight is 272 g/mol. The summed E-state index contributed by atoms with van der Waals surface area (Å²) >= 11 is 0. The van der Waals surface area contributed by atoms with Gasteiger partial charge in [-0.25, -0.2) is 0 Å². The summed E-state index contributed by atoms with van der Waals surface area (Å²) in [6.45, 7) is 8.73. The molecule has 0 fully saturated rings. The zero-order chi connectivity index (χ0) is 15.0. The van der Waals surface area contributed by atoms with E-state index < -0.39 is 0 Å². The summed E-state index contributed by atoms with van der Waals surface area (Å²) in [6.07, 6.45) is 8.35. The van der Waals surface area contributed by atoms with Crippen molar-refractivity contribution in [2.24, 2.45) is 0 Å². The van der Waals surface area contributed by atoms with Gasteiger partial charge in [0, 0.05) is 0 Å². The fraction of sp³-hybridized carbons (Fsp3) is 0.190. The van der Waals surface area contributed by atoms with Gasteiger partial charge in [-0.2, -0.15) is 0 Å². The number of rotatable bonds is 1. The van der Waals surface area contributed by atoms with Crippen LogP contribution in [0.2, 0.25) is 0 Å². The number of hydrogen-bond acceptors (Lipinski definition) is 0. The Bertz CT molecular complexity index is 810. The van der Waals surface area contributed by atoms with Gasteiger partial charge in [0.1, 0.15) is 0 Å². The molecule has 104 valence electrons. The first-order chi connectivity index (χ1) is 10.1. The van der Waals surface area contributed by atoms with Crippen molar-refractivity contribution in [3.8, 4) is 11.1 Å². The van der Waals surface area contributed by atoms with Crippen LogP contribution in [0.25, 0.3) is 23.3 Å². The Kier molecular flexibility index (Phi) is 3.41. The van der Waals surface area contributed by atoms with Gasteiger partial charge < -0.3 is 0 Å². The maximum atomic E-state index is 3.27. The highest BCUT2D eigenvalue weighted by Gasteiger charge is 2.15. The molecule has 0 atom stereocenters. The minimum Gasteiger partial charge on any atom is -0.120 e. The zero-order valence-corrected chi connectivity index (χ0v) is 13.1. The van der Waals surface area contributed by atoms with Crippen molar-refractivity contribution in [3.63, 3.8) is 0 Å². The topological polar surface area (TPSA) is 0 Å². The van der Waals surface area contributed by atoms with Crippen molar-refractivity contribution in [1.82, 2.24) is 0 Å². The minimum absolute atomic E-state index is 1.28. The third kappa shape index (κ3) is 2.39. The van der Waals surface area contributed by atoms with Gasteiger partial charge in [-0.15, -0.1) is 5.73 Å². The van der Waals surface area contributed by atoms with E-state index in [4.69, 9.17) is 0 Å². The van der Waals surface area contributed by atoms with Gasteiger partial charge in [-0.3, -0.25) is 0 Å². The van der Waals surface area contributed by atoms with Crippen LogP contribution >= 0.6 is 0 Å². The quantitative estimate of drug-likeness (QED) is 0.577. The molecule has 0 nitrogen and oxygen atoms in total. The van der Waals surface area contributed by atoms with Crippen LogP contribution in [0.5, 0.6) is 0 Å². The van der Waals surface area contributed by atoms with E-state index in [1.165, 1.54) is 44.5 Å². The Morgan fingerprint density at radius 3 is 2.43 bits per heavy atom. The number of allylic oxidation sites excluding steroid dienone is 2. The van der Waals surface area contributed by atoms with Crippen LogP contribution in [-0.2, 0) is 0 Å². The van der Waals surface area contributed by atoms with E-state index in [1.54, 1.807) is 0 Å². The van der Waals surface area contributed by atoms with Crippen molar-refractivity contribution in [2.45, 2.75) is 27.7 Å². The lowest BCUT2D eigenvalue weighted by Crippen LogP contribution is -1.97. The lowest BCUT2D eigenvalue weighted by molar-refractivity contribution is 1.32. The molecule has 1 aliphatic carbocycles. The predicted octanol–water partition coefficient (Wildman–Crippen LogP) is 5.78. The molecule has 0 amide bonds. The van der Waals surface area contributed by atoms with Crippen LogP contribution in [0.1, 0.15) is 33.4 Å². The maximum absolute atomic E-state index is 3.27. The fourth-order valence-corrected chi connectivity index (χ4v) is 3.10. The molecule has 0 heterocycles. The molecule has 0 saturated heterocycles. The lowest BCUT2D eigenvalue weighted by Gasteiger charge is -2.18. The second-order valence-corrected chi connectivity index (χ2v) is 5.87. The van der Waals surface area contributed by atoms with Crippen molar-refractivity contribution < 1.29 is 0 Å². The first-order valence-corrected chi connectivity index (χ1v) is 7.39. The standard InChI is InChI=1S/C21H20/c1-14-10-11-15(2)20(12-14)21-17(4)13-16(3)18-8-6-5-7-9-19(18)21/h5-6,8-13H,1-4H3. The average Bonchev–Trinajstić information content (AvgIpc) is 2.68.